The largest absolute Gasteiger partial charge is 0.488 e. The fourth-order valence-electron chi connectivity index (χ4n) is 0.339. The maximum atomic E-state index is 9.65. The van der Waals surface area contributed by atoms with Crippen molar-refractivity contribution in [1.29, 1.82) is 0 Å². The Kier molecular flexibility index (Phi) is 5.04. The monoisotopic (exact) mass is 146 g/mol. The van der Waals surface area contributed by atoms with Crippen LogP contribution in [0.1, 0.15) is 6.92 Å². The SMILES string of the molecule is CCOC(=C=C=O)CCl. The Balaban J connectivity index is 3.98. The number of hydrogen-bond donors (Lipinski definition) is 0. The van der Waals surface area contributed by atoms with Crippen molar-refractivity contribution in [3.8, 4) is 0 Å². The average Bonchev–Trinajstić information content (AvgIpc) is 1.88. The fourth-order valence-corrected chi connectivity index (χ4v) is 0.483. The van der Waals surface area contributed by atoms with Gasteiger partial charge in [-0.1, -0.05) is 0 Å². The fraction of sp³-hybridized carbons (Fsp3) is 0.500. The Morgan fingerprint density at radius 1 is 1.78 bits per heavy atom. The molecule has 0 aromatic rings. The maximum Gasteiger partial charge on any atom is 0.180 e. The molecular weight excluding hydrogens is 140 g/mol. The highest BCUT2D eigenvalue weighted by Gasteiger charge is 1.89. The lowest BCUT2D eigenvalue weighted by Crippen LogP contribution is -1.90. The van der Waals surface area contributed by atoms with Crippen molar-refractivity contribution < 1.29 is 9.53 Å². The van der Waals surface area contributed by atoms with Crippen LogP contribution in [-0.2, 0) is 9.53 Å². The molecule has 9 heavy (non-hydrogen) atoms. The summed E-state index contributed by atoms with van der Waals surface area (Å²) in [6.45, 7) is 2.30. The van der Waals surface area contributed by atoms with E-state index in [4.69, 9.17) is 16.3 Å². The Labute approximate surface area is 58.8 Å². The zero-order valence-corrected chi connectivity index (χ0v) is 5.86. The van der Waals surface area contributed by atoms with Crippen LogP contribution >= 0.6 is 11.6 Å². The summed E-state index contributed by atoms with van der Waals surface area (Å²) >= 11 is 5.32. The van der Waals surface area contributed by atoms with Crippen LogP contribution in [-0.4, -0.2) is 18.4 Å². The molecule has 0 amide bonds. The number of hydrogen-bond acceptors (Lipinski definition) is 2. The van der Waals surface area contributed by atoms with Crippen molar-refractivity contribution >= 4 is 17.5 Å². The zero-order chi connectivity index (χ0) is 7.11. The summed E-state index contributed by atoms with van der Waals surface area (Å²) in [4.78, 5) is 9.65. The maximum absolute atomic E-state index is 9.65. The second kappa shape index (κ2) is 5.46. The van der Waals surface area contributed by atoms with Crippen molar-refractivity contribution in [3.63, 3.8) is 0 Å². The summed E-state index contributed by atoms with van der Waals surface area (Å²) in [7, 11) is 0. The van der Waals surface area contributed by atoms with E-state index in [1.807, 2.05) is 0 Å². The Bertz CT molecular complexity index is 152. The van der Waals surface area contributed by atoms with E-state index in [2.05, 4.69) is 5.73 Å². The summed E-state index contributed by atoms with van der Waals surface area (Å²) in [6, 6.07) is 0. The molecule has 0 aromatic heterocycles. The Morgan fingerprint density at radius 2 is 2.44 bits per heavy atom. The van der Waals surface area contributed by atoms with Gasteiger partial charge in [0.25, 0.3) is 0 Å². The van der Waals surface area contributed by atoms with E-state index in [1.54, 1.807) is 6.92 Å². The number of allylic oxidation sites excluding steroid dienone is 1. The highest BCUT2D eigenvalue weighted by atomic mass is 35.5. The Hall–Kier alpha value is -0.680. The van der Waals surface area contributed by atoms with Gasteiger partial charge >= 0.3 is 0 Å². The third kappa shape index (κ3) is 3.87. The zero-order valence-electron chi connectivity index (χ0n) is 5.11. The molecule has 2 nitrogen and oxygen atoms in total. The first-order valence-corrected chi connectivity index (χ1v) is 3.06. The van der Waals surface area contributed by atoms with E-state index < -0.39 is 0 Å². The van der Waals surface area contributed by atoms with Gasteiger partial charge in [0.05, 0.1) is 12.5 Å². The van der Waals surface area contributed by atoms with Gasteiger partial charge in [-0.3, -0.25) is 0 Å². The second-order valence-electron chi connectivity index (χ2n) is 1.22. The average molecular weight is 147 g/mol. The molecule has 3 heteroatoms. The van der Waals surface area contributed by atoms with Crippen molar-refractivity contribution in [2.75, 3.05) is 12.5 Å². The Morgan fingerprint density at radius 3 is 2.78 bits per heavy atom. The smallest absolute Gasteiger partial charge is 0.180 e. The van der Waals surface area contributed by atoms with Crippen molar-refractivity contribution in [1.82, 2.24) is 0 Å². The minimum atomic E-state index is 0.170. The molecule has 0 aliphatic carbocycles. The number of ether oxygens (including phenoxy) is 1. The molecule has 0 N–H and O–H groups in total. The predicted molar refractivity (Wildman–Crippen MR) is 35.1 cm³/mol. The van der Waals surface area contributed by atoms with Crippen LogP contribution in [0.2, 0.25) is 0 Å². The van der Waals surface area contributed by atoms with Gasteiger partial charge in [-0.25, -0.2) is 4.79 Å². The first-order chi connectivity index (χ1) is 4.35. The van der Waals surface area contributed by atoms with Gasteiger partial charge in [0.2, 0.25) is 0 Å². The molecule has 0 rings (SSSR count). The van der Waals surface area contributed by atoms with E-state index in [9.17, 15) is 4.79 Å². The summed E-state index contributed by atoms with van der Waals surface area (Å²) in [5.41, 5.74) is 2.19. The lowest BCUT2D eigenvalue weighted by atomic mass is 10.6. The molecule has 0 atom stereocenters. The summed E-state index contributed by atoms with van der Waals surface area (Å²) in [5, 5.41) is 0. The first-order valence-electron chi connectivity index (χ1n) is 2.52. The molecule has 0 radical (unpaired) electrons. The van der Waals surface area contributed by atoms with Gasteiger partial charge in [0, 0.05) is 5.73 Å². The van der Waals surface area contributed by atoms with Crippen LogP contribution in [0.25, 0.3) is 0 Å². The molecule has 0 aliphatic heterocycles. The predicted octanol–water partition coefficient (Wildman–Crippen LogP) is 1.13. The number of alkyl halides is 1. The normalized spacial score (nSPS) is 7.33. The van der Waals surface area contributed by atoms with Crippen molar-refractivity contribution in [2.45, 2.75) is 6.92 Å². The van der Waals surface area contributed by atoms with Crippen LogP contribution in [0, 0.1) is 0 Å². The van der Waals surface area contributed by atoms with Crippen molar-refractivity contribution in [2.24, 2.45) is 0 Å². The van der Waals surface area contributed by atoms with E-state index in [0.29, 0.717) is 12.4 Å². The van der Waals surface area contributed by atoms with E-state index >= 15 is 0 Å². The summed E-state index contributed by atoms with van der Waals surface area (Å²) in [6.07, 6.45) is 0. The highest BCUT2D eigenvalue weighted by Crippen LogP contribution is 1.95. The van der Waals surface area contributed by atoms with Gasteiger partial charge in [-0.15, -0.1) is 11.6 Å². The number of halogens is 1. The van der Waals surface area contributed by atoms with Crippen LogP contribution in [0.3, 0.4) is 0 Å². The van der Waals surface area contributed by atoms with E-state index in [-0.39, 0.29) is 5.88 Å². The molecule has 0 aromatic carbocycles. The standard InChI is InChI=1S/C6H7ClO2/c1-2-9-6(5-7)3-4-8/h2,5H2,1H3. The first kappa shape index (κ1) is 8.32. The van der Waals surface area contributed by atoms with Gasteiger partial charge < -0.3 is 4.74 Å². The van der Waals surface area contributed by atoms with Gasteiger partial charge in [-0.05, 0) is 6.92 Å². The third-order valence-corrected chi connectivity index (χ3v) is 0.873. The molecule has 50 valence electrons. The molecule has 0 bridgehead atoms. The number of carbonyl (C=O) groups excluding carboxylic acids is 1. The molecule has 0 saturated heterocycles. The van der Waals surface area contributed by atoms with Gasteiger partial charge in [-0.2, -0.15) is 0 Å². The summed E-state index contributed by atoms with van der Waals surface area (Å²) < 4.78 is 4.84. The second-order valence-corrected chi connectivity index (χ2v) is 1.48. The molecule has 0 unspecified atom stereocenters. The van der Waals surface area contributed by atoms with Crippen LogP contribution < -0.4 is 0 Å². The lowest BCUT2D eigenvalue weighted by Gasteiger charge is -1.97. The van der Waals surface area contributed by atoms with E-state index in [0.717, 1.165) is 0 Å². The minimum absolute atomic E-state index is 0.170. The quantitative estimate of drug-likeness (QED) is 0.258. The summed E-state index contributed by atoms with van der Waals surface area (Å²) in [5.74, 6) is 1.97. The molecular formula is C6H7ClO2. The van der Waals surface area contributed by atoms with Crippen LogP contribution in [0.15, 0.2) is 11.5 Å². The van der Waals surface area contributed by atoms with Crippen molar-refractivity contribution in [3.05, 3.63) is 11.5 Å². The van der Waals surface area contributed by atoms with Gasteiger partial charge in [0.15, 0.2) is 11.7 Å². The third-order valence-electron chi connectivity index (χ3n) is 0.630. The molecule has 0 aliphatic rings. The molecule has 0 saturated carbocycles. The van der Waals surface area contributed by atoms with Crippen LogP contribution in [0.4, 0.5) is 0 Å². The molecule has 0 spiro atoms. The topological polar surface area (TPSA) is 26.3 Å². The van der Waals surface area contributed by atoms with Crippen LogP contribution in [0.5, 0.6) is 0 Å². The molecule has 0 heterocycles. The highest BCUT2D eigenvalue weighted by molar-refractivity contribution is 6.19. The van der Waals surface area contributed by atoms with Gasteiger partial charge in [0.1, 0.15) is 0 Å². The lowest BCUT2D eigenvalue weighted by molar-refractivity contribution is 0.234. The number of rotatable bonds is 3. The molecule has 0 fully saturated rings. The van der Waals surface area contributed by atoms with E-state index in [1.165, 1.54) is 5.94 Å². The minimum Gasteiger partial charge on any atom is -0.488 e.